The third kappa shape index (κ3) is 6.52. The first-order valence-electron chi connectivity index (χ1n) is 10.7. The van der Waals surface area contributed by atoms with E-state index in [2.05, 4.69) is 35.4 Å². The summed E-state index contributed by atoms with van der Waals surface area (Å²) in [7, 11) is -3.67. The first-order chi connectivity index (χ1) is 16.6. The molecule has 2 heterocycles. The fourth-order valence-corrected chi connectivity index (χ4v) is 4.51. The highest BCUT2D eigenvalue weighted by molar-refractivity contribution is 7.89. The summed E-state index contributed by atoms with van der Waals surface area (Å²) in [5.74, 6) is 1.51. The molecule has 0 aliphatic rings. The summed E-state index contributed by atoms with van der Waals surface area (Å²) in [4.78, 5) is 19.6. The lowest BCUT2D eigenvalue weighted by atomic mass is 10.1. The third-order valence-corrected chi connectivity index (χ3v) is 6.28. The van der Waals surface area contributed by atoms with E-state index in [-0.39, 0.29) is 4.90 Å². The minimum Gasteiger partial charge on any atom is -0.357 e. The molecule has 182 valence electrons. The molecular weight excluding hydrogens is 468 g/mol. The Morgan fingerprint density at radius 2 is 1.77 bits per heavy atom. The summed E-state index contributed by atoms with van der Waals surface area (Å²) in [5.41, 5.74) is 1.55. The van der Waals surface area contributed by atoms with Crippen LogP contribution in [0, 0.1) is 6.92 Å². The molecule has 4 aromatic rings. The molecule has 11 nitrogen and oxygen atoms in total. The van der Waals surface area contributed by atoms with Gasteiger partial charge >= 0.3 is 0 Å². The van der Waals surface area contributed by atoms with Gasteiger partial charge in [-0.15, -0.1) is 5.10 Å². The second-order valence-corrected chi connectivity index (χ2v) is 10.5. The fraction of sp³-hybridized carbons (Fsp3) is 0.217. The average Bonchev–Trinajstić information content (AvgIpc) is 3.29. The van der Waals surface area contributed by atoms with Gasteiger partial charge in [-0.25, -0.2) is 23.1 Å². The summed E-state index contributed by atoms with van der Waals surface area (Å²) in [6.45, 7) is 7.25. The Hall–Kier alpha value is -4.03. The van der Waals surface area contributed by atoms with Gasteiger partial charge in [0.15, 0.2) is 12.1 Å². The van der Waals surface area contributed by atoms with Crippen molar-refractivity contribution >= 4 is 33.2 Å². The predicted molar refractivity (Wildman–Crippen MR) is 132 cm³/mol. The minimum absolute atomic E-state index is 0.163. The van der Waals surface area contributed by atoms with Crippen LogP contribution >= 0.6 is 0 Å². The molecule has 0 bridgehead atoms. The number of hydrogen-bond acceptors (Lipinski definition) is 9. The van der Waals surface area contributed by atoms with Crippen molar-refractivity contribution in [3.63, 3.8) is 0 Å². The van der Waals surface area contributed by atoms with Gasteiger partial charge in [-0.3, -0.25) is 0 Å². The molecule has 0 atom stereocenters. The lowest BCUT2D eigenvalue weighted by molar-refractivity contribution is 0.178. The molecule has 0 radical (unpaired) electrons. The van der Waals surface area contributed by atoms with Crippen LogP contribution in [0.4, 0.5) is 23.1 Å². The van der Waals surface area contributed by atoms with Crippen LogP contribution < -0.4 is 20.2 Å². The molecule has 0 spiro atoms. The number of hydrogen-bond donors (Lipinski definition) is 3. The Morgan fingerprint density at radius 1 is 1.00 bits per heavy atom. The standard InChI is InChI=1S/C23H26N8O3S/c1-16-13-25-22(28-17-8-10-19(11-9-17)34-31-15-24-14-26-31)29-21(16)27-18-6-5-7-20(12-18)35(32,33)30-23(2,3)4/h5-15,30H,1-4H3,(H2,25,27,28,29). The van der Waals surface area contributed by atoms with E-state index in [0.717, 1.165) is 11.3 Å². The van der Waals surface area contributed by atoms with Crippen LogP contribution in [0.25, 0.3) is 0 Å². The van der Waals surface area contributed by atoms with Crippen molar-refractivity contribution in [1.29, 1.82) is 0 Å². The van der Waals surface area contributed by atoms with E-state index in [0.29, 0.717) is 23.2 Å². The van der Waals surface area contributed by atoms with Gasteiger partial charge < -0.3 is 15.5 Å². The normalized spacial score (nSPS) is 11.8. The molecule has 0 unspecified atom stereocenters. The highest BCUT2D eigenvalue weighted by atomic mass is 32.2. The maximum atomic E-state index is 12.7. The Kier molecular flexibility index (Phi) is 6.67. The lowest BCUT2D eigenvalue weighted by Gasteiger charge is -2.20. The SMILES string of the molecule is Cc1cnc(Nc2ccc(On3cncn3)cc2)nc1Nc1cccc(S(=O)(=O)NC(C)(C)C)c1. The largest absolute Gasteiger partial charge is 0.357 e. The quantitative estimate of drug-likeness (QED) is 0.334. The number of rotatable bonds is 8. The number of sulfonamides is 1. The maximum Gasteiger partial charge on any atom is 0.241 e. The number of aryl methyl sites for hydroxylation is 1. The van der Waals surface area contributed by atoms with E-state index in [1.807, 2.05) is 19.1 Å². The van der Waals surface area contributed by atoms with Gasteiger partial charge in [0.2, 0.25) is 16.0 Å². The summed E-state index contributed by atoms with van der Waals surface area (Å²) in [5, 5.41) is 10.2. The number of anilines is 4. The van der Waals surface area contributed by atoms with Crippen LogP contribution in [0.3, 0.4) is 0 Å². The lowest BCUT2D eigenvalue weighted by Crippen LogP contribution is -2.40. The van der Waals surface area contributed by atoms with E-state index in [1.165, 1.54) is 17.5 Å². The summed E-state index contributed by atoms with van der Waals surface area (Å²) in [6.07, 6.45) is 4.52. The summed E-state index contributed by atoms with van der Waals surface area (Å²) >= 11 is 0. The van der Waals surface area contributed by atoms with E-state index >= 15 is 0 Å². The van der Waals surface area contributed by atoms with Crippen LogP contribution in [-0.2, 0) is 10.0 Å². The van der Waals surface area contributed by atoms with Crippen molar-refractivity contribution in [3.05, 3.63) is 72.9 Å². The van der Waals surface area contributed by atoms with Crippen LogP contribution in [0.15, 0.2) is 72.3 Å². The Bertz CT molecular complexity index is 1400. The first kappa shape index (κ1) is 24.1. The van der Waals surface area contributed by atoms with Crippen molar-refractivity contribution in [3.8, 4) is 5.75 Å². The van der Waals surface area contributed by atoms with Crippen LogP contribution in [0.5, 0.6) is 5.75 Å². The average molecular weight is 495 g/mol. The molecule has 35 heavy (non-hydrogen) atoms. The van der Waals surface area contributed by atoms with Gasteiger partial charge in [-0.05, 0) is 70.2 Å². The van der Waals surface area contributed by atoms with Crippen molar-refractivity contribution < 1.29 is 13.3 Å². The summed E-state index contributed by atoms with van der Waals surface area (Å²) < 4.78 is 28.1. The second-order valence-electron chi connectivity index (χ2n) is 8.77. The van der Waals surface area contributed by atoms with Gasteiger partial charge in [0, 0.05) is 28.7 Å². The molecule has 0 saturated heterocycles. The summed E-state index contributed by atoms with van der Waals surface area (Å²) in [6, 6.07) is 13.8. The fourth-order valence-electron chi connectivity index (χ4n) is 3.05. The van der Waals surface area contributed by atoms with E-state index in [4.69, 9.17) is 4.84 Å². The second kappa shape index (κ2) is 9.68. The number of nitrogens with one attached hydrogen (secondary N) is 3. The molecular formula is C23H26N8O3S. The number of aromatic nitrogens is 5. The molecule has 4 rings (SSSR count). The van der Waals surface area contributed by atoms with Gasteiger partial charge in [0.25, 0.3) is 0 Å². The van der Waals surface area contributed by atoms with Crippen LogP contribution in [0.1, 0.15) is 26.3 Å². The minimum atomic E-state index is -3.67. The number of benzene rings is 2. The van der Waals surface area contributed by atoms with Gasteiger partial charge in [0.05, 0.1) is 4.90 Å². The molecule has 0 amide bonds. The Labute approximate surface area is 203 Å². The molecule has 2 aromatic carbocycles. The van der Waals surface area contributed by atoms with Gasteiger partial charge in [-0.1, -0.05) is 10.9 Å². The topological polar surface area (TPSA) is 136 Å². The number of nitrogens with zero attached hydrogens (tertiary/aromatic N) is 5. The molecule has 3 N–H and O–H groups in total. The molecule has 0 saturated carbocycles. The molecule has 2 aromatic heterocycles. The smallest absolute Gasteiger partial charge is 0.241 e. The van der Waals surface area contributed by atoms with Crippen LogP contribution in [0.2, 0.25) is 0 Å². The predicted octanol–water partition coefficient (Wildman–Crippen LogP) is 3.78. The van der Waals surface area contributed by atoms with Crippen molar-refractivity contribution in [2.24, 2.45) is 0 Å². The molecule has 0 fully saturated rings. The van der Waals surface area contributed by atoms with E-state index in [1.54, 1.807) is 63.4 Å². The van der Waals surface area contributed by atoms with Gasteiger partial charge in [-0.2, -0.15) is 4.98 Å². The van der Waals surface area contributed by atoms with Crippen molar-refractivity contribution in [2.75, 3.05) is 10.6 Å². The van der Waals surface area contributed by atoms with E-state index in [9.17, 15) is 8.42 Å². The van der Waals surface area contributed by atoms with Crippen molar-refractivity contribution in [2.45, 2.75) is 38.1 Å². The van der Waals surface area contributed by atoms with E-state index < -0.39 is 15.6 Å². The zero-order valence-corrected chi connectivity index (χ0v) is 20.5. The van der Waals surface area contributed by atoms with Crippen LogP contribution in [-0.4, -0.2) is 38.9 Å². The molecule has 12 heteroatoms. The first-order valence-corrected chi connectivity index (χ1v) is 12.2. The van der Waals surface area contributed by atoms with Crippen molar-refractivity contribution in [1.82, 2.24) is 29.6 Å². The third-order valence-electron chi connectivity index (χ3n) is 4.53. The molecule has 0 aliphatic heterocycles. The highest BCUT2D eigenvalue weighted by Gasteiger charge is 2.22. The van der Waals surface area contributed by atoms with Gasteiger partial charge in [0.1, 0.15) is 12.1 Å². The highest BCUT2D eigenvalue weighted by Crippen LogP contribution is 2.24. The Balaban J connectivity index is 1.48. The zero-order valence-electron chi connectivity index (χ0n) is 19.7. The zero-order chi connectivity index (χ0) is 25.1. The monoisotopic (exact) mass is 494 g/mol. The maximum absolute atomic E-state index is 12.7. The molecule has 0 aliphatic carbocycles. The Morgan fingerprint density at radius 3 is 2.46 bits per heavy atom.